The molecule has 2 aliphatic rings. The van der Waals surface area contributed by atoms with E-state index >= 15 is 0 Å². The average molecular weight is 387 g/mol. The van der Waals surface area contributed by atoms with Crippen LogP contribution < -0.4 is 5.32 Å². The number of amides is 1. The van der Waals surface area contributed by atoms with E-state index in [4.69, 9.17) is 4.74 Å². The van der Waals surface area contributed by atoms with Gasteiger partial charge in [-0.2, -0.15) is 0 Å². The molecule has 2 atom stereocenters. The van der Waals surface area contributed by atoms with Gasteiger partial charge in [-0.25, -0.2) is 0 Å². The van der Waals surface area contributed by atoms with Crippen LogP contribution in [0.2, 0.25) is 0 Å². The molecule has 4 nitrogen and oxygen atoms in total. The van der Waals surface area contributed by atoms with Crippen LogP contribution in [0.1, 0.15) is 42.4 Å². The Morgan fingerprint density at radius 1 is 1.14 bits per heavy atom. The zero-order valence-electron chi connectivity index (χ0n) is 16.8. The topological polar surface area (TPSA) is 55.4 Å². The van der Waals surface area contributed by atoms with Crippen molar-refractivity contribution in [3.63, 3.8) is 0 Å². The summed E-state index contributed by atoms with van der Waals surface area (Å²) in [4.78, 5) is 25.6. The molecule has 2 aromatic rings. The Morgan fingerprint density at radius 3 is 2.55 bits per heavy atom. The van der Waals surface area contributed by atoms with Crippen molar-refractivity contribution >= 4 is 17.4 Å². The summed E-state index contributed by atoms with van der Waals surface area (Å²) in [6.45, 7) is 4.16. The second-order valence-corrected chi connectivity index (χ2v) is 7.67. The van der Waals surface area contributed by atoms with E-state index < -0.39 is 5.41 Å². The molecule has 0 radical (unpaired) electrons. The first-order valence-electron chi connectivity index (χ1n) is 10.1. The lowest BCUT2D eigenvalue weighted by Gasteiger charge is -2.44. The Bertz CT molecular complexity index is 988. The molecule has 2 aromatic carbocycles. The standard InChI is InChI=1S/C25H25NO3/c1-3-29-24(28)25-14-13-23(27)26-22(25)16-20(18-7-5-4-6-8-18)15-21(25)19-11-9-17(2)10-12-19/h4-12,15-16,21H,3,13-14H2,1-2H3,(H,26,27). The van der Waals surface area contributed by atoms with Crippen molar-refractivity contribution in [3.8, 4) is 0 Å². The monoisotopic (exact) mass is 387 g/mol. The van der Waals surface area contributed by atoms with Crippen LogP contribution in [-0.2, 0) is 14.3 Å². The molecule has 0 aromatic heterocycles. The molecular formula is C25H25NO3. The quantitative estimate of drug-likeness (QED) is 0.785. The van der Waals surface area contributed by atoms with Crippen LogP contribution >= 0.6 is 0 Å². The predicted octanol–water partition coefficient (Wildman–Crippen LogP) is 4.52. The summed E-state index contributed by atoms with van der Waals surface area (Å²) in [5.41, 5.74) is 3.97. The number of carbonyl (C=O) groups excluding carboxylic acids is 2. The predicted molar refractivity (Wildman–Crippen MR) is 113 cm³/mol. The molecule has 148 valence electrons. The van der Waals surface area contributed by atoms with Gasteiger partial charge < -0.3 is 10.1 Å². The maximum atomic E-state index is 13.3. The van der Waals surface area contributed by atoms with E-state index in [0.29, 0.717) is 25.1 Å². The fraction of sp³-hybridized carbons (Fsp3) is 0.280. The summed E-state index contributed by atoms with van der Waals surface area (Å²) in [6.07, 6.45) is 4.82. The number of hydrogen-bond donors (Lipinski definition) is 1. The third-order valence-electron chi connectivity index (χ3n) is 5.86. The second-order valence-electron chi connectivity index (χ2n) is 7.67. The number of ether oxygens (including phenoxy) is 1. The van der Waals surface area contributed by atoms with E-state index in [1.54, 1.807) is 0 Å². The highest BCUT2D eigenvalue weighted by Crippen LogP contribution is 2.52. The first-order chi connectivity index (χ1) is 14.0. The van der Waals surface area contributed by atoms with Gasteiger partial charge in [-0.05, 0) is 43.0 Å². The van der Waals surface area contributed by atoms with Crippen LogP contribution in [0.25, 0.3) is 5.57 Å². The van der Waals surface area contributed by atoms with E-state index in [1.165, 1.54) is 0 Å². The third kappa shape index (κ3) is 3.39. The minimum absolute atomic E-state index is 0.0619. The number of allylic oxidation sites excluding steroid dienone is 3. The van der Waals surface area contributed by atoms with Crippen LogP contribution in [0.3, 0.4) is 0 Å². The molecule has 1 fully saturated rings. The van der Waals surface area contributed by atoms with Gasteiger partial charge in [-0.15, -0.1) is 0 Å². The maximum absolute atomic E-state index is 13.3. The van der Waals surface area contributed by atoms with E-state index in [-0.39, 0.29) is 17.8 Å². The summed E-state index contributed by atoms with van der Waals surface area (Å²) in [5, 5.41) is 2.99. The van der Waals surface area contributed by atoms with Crippen LogP contribution in [0, 0.1) is 12.3 Å². The second kappa shape index (κ2) is 7.70. The number of nitrogens with one attached hydrogen (secondary N) is 1. The Kier molecular flexibility index (Phi) is 5.10. The van der Waals surface area contributed by atoms with Crippen molar-refractivity contribution in [2.45, 2.75) is 32.6 Å². The smallest absolute Gasteiger partial charge is 0.319 e. The van der Waals surface area contributed by atoms with E-state index in [1.807, 2.05) is 50.3 Å². The minimum Gasteiger partial charge on any atom is -0.465 e. The highest BCUT2D eigenvalue weighted by molar-refractivity contribution is 5.93. The van der Waals surface area contributed by atoms with Gasteiger partial charge in [0, 0.05) is 18.0 Å². The van der Waals surface area contributed by atoms with E-state index in [0.717, 1.165) is 22.3 Å². The molecule has 4 rings (SSSR count). The molecule has 0 bridgehead atoms. The summed E-state index contributed by atoms with van der Waals surface area (Å²) in [5.74, 6) is -0.564. The van der Waals surface area contributed by atoms with Crippen molar-refractivity contribution in [1.82, 2.24) is 5.32 Å². The molecule has 1 aliphatic heterocycles. The number of hydrogen-bond acceptors (Lipinski definition) is 3. The minimum atomic E-state index is -0.919. The first-order valence-corrected chi connectivity index (χ1v) is 10.1. The lowest BCUT2D eigenvalue weighted by Crippen LogP contribution is -2.50. The SMILES string of the molecule is CCOC(=O)C12CCC(=O)NC1=CC(c1ccccc1)=CC2c1ccc(C)cc1. The van der Waals surface area contributed by atoms with Gasteiger partial charge in [0.15, 0.2) is 0 Å². The summed E-state index contributed by atoms with van der Waals surface area (Å²) < 4.78 is 5.53. The zero-order valence-corrected chi connectivity index (χ0v) is 16.8. The summed E-state index contributed by atoms with van der Waals surface area (Å²) in [7, 11) is 0. The number of benzene rings is 2. The number of rotatable bonds is 4. The van der Waals surface area contributed by atoms with E-state index in [2.05, 4.69) is 35.7 Å². The van der Waals surface area contributed by atoms with Crippen molar-refractivity contribution in [2.24, 2.45) is 5.41 Å². The van der Waals surface area contributed by atoms with Gasteiger partial charge in [-0.3, -0.25) is 9.59 Å². The lowest BCUT2D eigenvalue weighted by atomic mass is 9.62. The normalized spacial score (nSPS) is 23.4. The molecule has 1 N–H and O–H groups in total. The molecule has 1 aliphatic carbocycles. The number of fused-ring (bicyclic) bond motifs is 1. The fourth-order valence-corrected chi connectivity index (χ4v) is 4.35. The summed E-state index contributed by atoms with van der Waals surface area (Å²) in [6, 6.07) is 18.3. The van der Waals surface area contributed by atoms with Crippen LogP contribution in [0.15, 0.2) is 72.4 Å². The van der Waals surface area contributed by atoms with Crippen molar-refractivity contribution in [2.75, 3.05) is 6.61 Å². The molecular weight excluding hydrogens is 362 g/mol. The Morgan fingerprint density at radius 2 is 1.86 bits per heavy atom. The molecule has 1 saturated heterocycles. The van der Waals surface area contributed by atoms with Crippen LogP contribution in [0.5, 0.6) is 0 Å². The zero-order chi connectivity index (χ0) is 20.4. The summed E-state index contributed by atoms with van der Waals surface area (Å²) >= 11 is 0. The van der Waals surface area contributed by atoms with E-state index in [9.17, 15) is 9.59 Å². The average Bonchev–Trinajstić information content (AvgIpc) is 2.74. The number of aryl methyl sites for hydroxylation is 1. The maximum Gasteiger partial charge on any atom is 0.319 e. The molecule has 1 heterocycles. The Labute approximate surface area is 171 Å². The van der Waals surface area contributed by atoms with Crippen molar-refractivity contribution in [1.29, 1.82) is 0 Å². The van der Waals surface area contributed by atoms with Crippen LogP contribution in [0.4, 0.5) is 0 Å². The highest BCUT2D eigenvalue weighted by atomic mass is 16.5. The van der Waals surface area contributed by atoms with Gasteiger partial charge in [0.25, 0.3) is 0 Å². The lowest BCUT2D eigenvalue weighted by molar-refractivity contribution is -0.156. The van der Waals surface area contributed by atoms with Crippen molar-refractivity contribution < 1.29 is 14.3 Å². The fourth-order valence-electron chi connectivity index (χ4n) is 4.35. The van der Waals surface area contributed by atoms with Gasteiger partial charge in [0.05, 0.1) is 6.61 Å². The van der Waals surface area contributed by atoms with Crippen molar-refractivity contribution in [3.05, 3.63) is 89.1 Å². The number of carbonyl (C=O) groups is 2. The molecule has 1 amide bonds. The van der Waals surface area contributed by atoms with Gasteiger partial charge >= 0.3 is 5.97 Å². The third-order valence-corrected chi connectivity index (χ3v) is 5.86. The molecule has 0 saturated carbocycles. The first kappa shape index (κ1) is 19.2. The Balaban J connectivity index is 1.91. The number of piperidine rings is 1. The van der Waals surface area contributed by atoms with Gasteiger partial charge in [-0.1, -0.05) is 66.2 Å². The molecule has 0 spiro atoms. The Hall–Kier alpha value is -3.14. The van der Waals surface area contributed by atoms with Crippen LogP contribution in [-0.4, -0.2) is 18.5 Å². The largest absolute Gasteiger partial charge is 0.465 e. The van der Waals surface area contributed by atoms with Gasteiger partial charge in [0.1, 0.15) is 5.41 Å². The number of esters is 1. The molecule has 2 unspecified atom stereocenters. The van der Waals surface area contributed by atoms with Gasteiger partial charge in [0.2, 0.25) is 5.91 Å². The molecule has 29 heavy (non-hydrogen) atoms. The highest BCUT2D eigenvalue weighted by Gasteiger charge is 2.54. The molecule has 4 heteroatoms.